The van der Waals surface area contributed by atoms with Gasteiger partial charge in [0.2, 0.25) is 0 Å². The van der Waals surface area contributed by atoms with Gasteiger partial charge in [-0.05, 0) is 68.2 Å². The number of thiophene rings is 1. The molecule has 2 nitrogen and oxygen atoms in total. The quantitative estimate of drug-likeness (QED) is 0.867. The lowest BCUT2D eigenvalue weighted by Crippen LogP contribution is -2.37. The number of nitrogens with zero attached hydrogens (tertiary/aromatic N) is 1. The van der Waals surface area contributed by atoms with Crippen molar-refractivity contribution in [2.45, 2.75) is 25.8 Å². The second-order valence-electron chi connectivity index (χ2n) is 4.96. The molecular formula is C13H22N2S. The van der Waals surface area contributed by atoms with E-state index < -0.39 is 0 Å². The van der Waals surface area contributed by atoms with Crippen molar-refractivity contribution in [2.75, 3.05) is 26.7 Å². The summed E-state index contributed by atoms with van der Waals surface area (Å²) < 4.78 is 0. The summed E-state index contributed by atoms with van der Waals surface area (Å²) in [6, 6.07) is 2.72. The molecule has 0 amide bonds. The summed E-state index contributed by atoms with van der Waals surface area (Å²) in [6.45, 7) is 5.94. The zero-order valence-electron chi connectivity index (χ0n) is 10.3. The molecular weight excluding hydrogens is 216 g/mol. The minimum Gasteiger partial charge on any atom is -0.310 e. The van der Waals surface area contributed by atoms with E-state index in [1.54, 1.807) is 11.3 Å². The van der Waals surface area contributed by atoms with Crippen LogP contribution in [0.1, 0.15) is 31.4 Å². The summed E-state index contributed by atoms with van der Waals surface area (Å²) in [5.74, 6) is 0.833. The van der Waals surface area contributed by atoms with Crippen molar-refractivity contribution in [1.82, 2.24) is 10.2 Å². The van der Waals surface area contributed by atoms with E-state index in [4.69, 9.17) is 0 Å². The largest absolute Gasteiger partial charge is 0.310 e. The van der Waals surface area contributed by atoms with Crippen LogP contribution in [0, 0.1) is 5.92 Å². The Labute approximate surface area is 103 Å². The molecule has 1 aromatic heterocycles. The first-order valence-electron chi connectivity index (χ1n) is 6.19. The molecule has 0 bridgehead atoms. The highest BCUT2D eigenvalue weighted by atomic mass is 32.1. The number of nitrogens with one attached hydrogen (secondary N) is 1. The molecule has 0 aliphatic carbocycles. The molecule has 2 heterocycles. The van der Waals surface area contributed by atoms with Crippen LogP contribution in [-0.2, 0) is 0 Å². The van der Waals surface area contributed by atoms with E-state index in [2.05, 4.69) is 41.0 Å². The van der Waals surface area contributed by atoms with Crippen molar-refractivity contribution in [1.29, 1.82) is 0 Å². The summed E-state index contributed by atoms with van der Waals surface area (Å²) in [7, 11) is 2.23. The first-order valence-corrected chi connectivity index (χ1v) is 7.14. The maximum absolute atomic E-state index is 3.66. The minimum atomic E-state index is 0.499. The molecule has 90 valence electrons. The molecule has 0 radical (unpaired) electrons. The minimum absolute atomic E-state index is 0.499. The fourth-order valence-electron chi connectivity index (χ4n) is 2.42. The van der Waals surface area contributed by atoms with Gasteiger partial charge in [-0.3, -0.25) is 0 Å². The second kappa shape index (κ2) is 5.80. The van der Waals surface area contributed by atoms with E-state index in [1.807, 2.05) is 0 Å². The highest BCUT2D eigenvalue weighted by molar-refractivity contribution is 7.07. The van der Waals surface area contributed by atoms with Crippen LogP contribution in [-0.4, -0.2) is 31.6 Å². The van der Waals surface area contributed by atoms with Gasteiger partial charge in [-0.1, -0.05) is 0 Å². The zero-order chi connectivity index (χ0) is 11.4. The Morgan fingerprint density at radius 1 is 1.62 bits per heavy atom. The Hall–Kier alpha value is -0.380. The first kappa shape index (κ1) is 12.1. The van der Waals surface area contributed by atoms with E-state index in [9.17, 15) is 0 Å². The number of likely N-dealkylation sites (tertiary alicyclic amines) is 1. The summed E-state index contributed by atoms with van der Waals surface area (Å²) in [5.41, 5.74) is 1.43. The maximum Gasteiger partial charge on any atom is 0.0300 e. The predicted octanol–water partition coefficient (Wildman–Crippen LogP) is 2.74. The summed E-state index contributed by atoms with van der Waals surface area (Å²) in [5, 5.41) is 8.05. The van der Waals surface area contributed by atoms with Gasteiger partial charge < -0.3 is 10.2 Å². The SMILES string of the molecule is CC(NCC1CCCN(C)C1)c1ccsc1. The number of hydrogen-bond acceptors (Lipinski definition) is 3. The normalized spacial score (nSPS) is 24.5. The lowest BCUT2D eigenvalue weighted by molar-refractivity contribution is 0.203. The van der Waals surface area contributed by atoms with Gasteiger partial charge in [-0.25, -0.2) is 0 Å². The molecule has 1 aliphatic rings. The molecule has 16 heavy (non-hydrogen) atoms. The van der Waals surface area contributed by atoms with E-state index in [-0.39, 0.29) is 0 Å². The van der Waals surface area contributed by atoms with Crippen LogP contribution in [0.3, 0.4) is 0 Å². The van der Waals surface area contributed by atoms with Crippen molar-refractivity contribution >= 4 is 11.3 Å². The van der Waals surface area contributed by atoms with Crippen molar-refractivity contribution < 1.29 is 0 Å². The van der Waals surface area contributed by atoms with E-state index in [1.165, 1.54) is 31.5 Å². The fraction of sp³-hybridized carbons (Fsp3) is 0.692. The average Bonchev–Trinajstić information content (AvgIpc) is 2.79. The fourth-order valence-corrected chi connectivity index (χ4v) is 3.18. The predicted molar refractivity (Wildman–Crippen MR) is 71.0 cm³/mol. The second-order valence-corrected chi connectivity index (χ2v) is 5.74. The molecule has 3 heteroatoms. The topological polar surface area (TPSA) is 15.3 Å². The number of piperidine rings is 1. The van der Waals surface area contributed by atoms with E-state index in [0.29, 0.717) is 6.04 Å². The molecule has 1 N–H and O–H groups in total. The lowest BCUT2D eigenvalue weighted by Gasteiger charge is -2.30. The molecule has 2 rings (SSSR count). The smallest absolute Gasteiger partial charge is 0.0300 e. The van der Waals surface area contributed by atoms with Crippen LogP contribution in [0.15, 0.2) is 16.8 Å². The molecule has 0 saturated carbocycles. The Balaban J connectivity index is 1.74. The van der Waals surface area contributed by atoms with Crippen molar-refractivity contribution in [2.24, 2.45) is 5.92 Å². The summed E-state index contributed by atoms with van der Waals surface area (Å²) >= 11 is 1.78. The van der Waals surface area contributed by atoms with Crippen molar-refractivity contribution in [3.05, 3.63) is 22.4 Å². The van der Waals surface area contributed by atoms with Crippen LogP contribution in [0.5, 0.6) is 0 Å². The van der Waals surface area contributed by atoms with Crippen molar-refractivity contribution in [3.8, 4) is 0 Å². The summed E-state index contributed by atoms with van der Waals surface area (Å²) in [4.78, 5) is 2.45. The molecule has 0 aromatic carbocycles. The molecule has 1 fully saturated rings. The van der Waals surface area contributed by atoms with Crippen molar-refractivity contribution in [3.63, 3.8) is 0 Å². The van der Waals surface area contributed by atoms with Gasteiger partial charge in [0.15, 0.2) is 0 Å². The summed E-state index contributed by atoms with van der Waals surface area (Å²) in [6.07, 6.45) is 2.74. The van der Waals surface area contributed by atoms with Gasteiger partial charge in [0.25, 0.3) is 0 Å². The third-order valence-electron chi connectivity index (χ3n) is 3.48. The van der Waals surface area contributed by atoms with Crippen LogP contribution in [0.4, 0.5) is 0 Å². The Morgan fingerprint density at radius 2 is 2.50 bits per heavy atom. The van der Waals surface area contributed by atoms with Gasteiger partial charge in [0, 0.05) is 12.6 Å². The third-order valence-corrected chi connectivity index (χ3v) is 4.18. The third kappa shape index (κ3) is 3.30. The highest BCUT2D eigenvalue weighted by Crippen LogP contribution is 2.18. The molecule has 2 atom stereocenters. The highest BCUT2D eigenvalue weighted by Gasteiger charge is 2.17. The van der Waals surface area contributed by atoms with Crippen LogP contribution < -0.4 is 5.32 Å². The van der Waals surface area contributed by atoms with Gasteiger partial charge in [-0.2, -0.15) is 11.3 Å². The maximum atomic E-state index is 3.66. The van der Waals surface area contributed by atoms with E-state index >= 15 is 0 Å². The zero-order valence-corrected chi connectivity index (χ0v) is 11.1. The Kier molecular flexibility index (Phi) is 4.38. The first-order chi connectivity index (χ1) is 7.75. The van der Waals surface area contributed by atoms with Gasteiger partial charge in [0.1, 0.15) is 0 Å². The molecule has 1 saturated heterocycles. The van der Waals surface area contributed by atoms with Crippen LogP contribution >= 0.6 is 11.3 Å². The number of hydrogen-bond donors (Lipinski definition) is 1. The van der Waals surface area contributed by atoms with Crippen LogP contribution in [0.25, 0.3) is 0 Å². The Morgan fingerprint density at radius 3 is 3.19 bits per heavy atom. The molecule has 0 spiro atoms. The monoisotopic (exact) mass is 238 g/mol. The number of rotatable bonds is 4. The van der Waals surface area contributed by atoms with Gasteiger partial charge in [-0.15, -0.1) is 0 Å². The van der Waals surface area contributed by atoms with Crippen LogP contribution in [0.2, 0.25) is 0 Å². The lowest BCUT2D eigenvalue weighted by atomic mass is 9.98. The molecule has 2 unspecified atom stereocenters. The Bertz CT molecular complexity index is 297. The molecule has 1 aliphatic heterocycles. The standard InChI is InChI=1S/C13H22N2S/c1-11(13-5-7-16-10-13)14-8-12-4-3-6-15(2)9-12/h5,7,10-12,14H,3-4,6,8-9H2,1-2H3. The molecule has 1 aromatic rings. The van der Waals surface area contributed by atoms with E-state index in [0.717, 1.165) is 12.5 Å². The average molecular weight is 238 g/mol. The van der Waals surface area contributed by atoms with Gasteiger partial charge in [0.05, 0.1) is 0 Å². The van der Waals surface area contributed by atoms with Gasteiger partial charge >= 0.3 is 0 Å².